The van der Waals surface area contributed by atoms with E-state index in [9.17, 15) is 13.2 Å². The molecule has 0 fully saturated rings. The van der Waals surface area contributed by atoms with Crippen molar-refractivity contribution < 1.29 is 17.9 Å². The number of nitrogens with one attached hydrogen (secondary N) is 2. The molecule has 2 N–H and O–H groups in total. The smallest absolute Gasteiger partial charge is 0.243 e. The van der Waals surface area contributed by atoms with Gasteiger partial charge in [-0.15, -0.1) is 0 Å². The Labute approximate surface area is 198 Å². The van der Waals surface area contributed by atoms with Gasteiger partial charge in [0.15, 0.2) is 0 Å². The van der Waals surface area contributed by atoms with Crippen LogP contribution in [0.1, 0.15) is 11.1 Å². The van der Waals surface area contributed by atoms with Crippen LogP contribution in [0.2, 0.25) is 0 Å². The van der Waals surface area contributed by atoms with Crippen molar-refractivity contribution in [2.45, 2.75) is 24.3 Å². The first-order chi connectivity index (χ1) is 16.4. The summed E-state index contributed by atoms with van der Waals surface area (Å²) in [7, 11) is -2.56. The summed E-state index contributed by atoms with van der Waals surface area (Å²) in [6.45, 7) is 1.90. The molecule has 0 saturated heterocycles. The normalized spacial score (nSPS) is 12.3. The maximum Gasteiger partial charge on any atom is 0.243 e. The van der Waals surface area contributed by atoms with Crippen LogP contribution in [0.15, 0.2) is 90.0 Å². The van der Waals surface area contributed by atoms with E-state index in [0.717, 1.165) is 11.1 Å². The van der Waals surface area contributed by atoms with Gasteiger partial charge in [-0.2, -0.15) is 4.72 Å². The maximum atomic E-state index is 13.4. The van der Waals surface area contributed by atoms with Crippen LogP contribution in [0, 0.1) is 6.92 Å². The van der Waals surface area contributed by atoms with Crippen LogP contribution in [-0.4, -0.2) is 32.5 Å². The quantitative estimate of drug-likeness (QED) is 0.400. The van der Waals surface area contributed by atoms with Gasteiger partial charge in [-0.3, -0.25) is 9.78 Å². The first kappa shape index (κ1) is 23.4. The van der Waals surface area contributed by atoms with E-state index in [-0.39, 0.29) is 11.3 Å². The van der Waals surface area contributed by atoms with Crippen molar-refractivity contribution in [2.75, 3.05) is 12.4 Å². The minimum absolute atomic E-state index is 0.0181. The number of amides is 1. The summed E-state index contributed by atoms with van der Waals surface area (Å²) in [6, 6.07) is 22.0. The van der Waals surface area contributed by atoms with Gasteiger partial charge in [0.25, 0.3) is 0 Å². The Bertz CT molecular complexity index is 1420. The van der Waals surface area contributed by atoms with Crippen molar-refractivity contribution in [1.29, 1.82) is 0 Å². The van der Waals surface area contributed by atoms with Gasteiger partial charge in [-0.1, -0.05) is 54.6 Å². The zero-order chi connectivity index (χ0) is 24.1. The molecule has 4 aromatic rings. The van der Waals surface area contributed by atoms with E-state index >= 15 is 0 Å². The van der Waals surface area contributed by atoms with E-state index in [0.29, 0.717) is 22.3 Å². The lowest BCUT2D eigenvalue weighted by Crippen LogP contribution is -2.45. The van der Waals surface area contributed by atoms with Gasteiger partial charge in [0, 0.05) is 11.6 Å². The predicted octanol–water partition coefficient (Wildman–Crippen LogP) is 4.08. The van der Waals surface area contributed by atoms with Crippen molar-refractivity contribution in [3.8, 4) is 5.75 Å². The number of carbonyl (C=O) groups is 1. The number of fused-ring (bicyclic) bond motifs is 1. The number of rotatable bonds is 8. The van der Waals surface area contributed by atoms with Crippen LogP contribution in [0.4, 0.5) is 5.69 Å². The minimum Gasteiger partial charge on any atom is -0.495 e. The Morgan fingerprint density at radius 2 is 1.76 bits per heavy atom. The molecule has 1 atom stereocenters. The maximum absolute atomic E-state index is 13.4. The van der Waals surface area contributed by atoms with Gasteiger partial charge in [-0.25, -0.2) is 8.42 Å². The monoisotopic (exact) mass is 475 g/mol. The molecule has 3 aromatic carbocycles. The Morgan fingerprint density at radius 1 is 1.00 bits per heavy atom. The molecule has 7 nitrogen and oxygen atoms in total. The van der Waals surface area contributed by atoms with Crippen molar-refractivity contribution in [2.24, 2.45) is 0 Å². The number of aromatic nitrogens is 1. The third-order valence-electron chi connectivity index (χ3n) is 5.39. The third-order valence-corrected chi connectivity index (χ3v) is 6.90. The van der Waals surface area contributed by atoms with Crippen LogP contribution in [0.5, 0.6) is 5.75 Å². The highest BCUT2D eigenvalue weighted by atomic mass is 32.2. The molecule has 1 heterocycles. The molecule has 1 unspecified atom stereocenters. The van der Waals surface area contributed by atoms with E-state index in [4.69, 9.17) is 4.74 Å². The molecule has 0 aliphatic carbocycles. The second kappa shape index (κ2) is 10.0. The number of aryl methyl sites for hydroxylation is 1. The van der Waals surface area contributed by atoms with Crippen LogP contribution in [0.25, 0.3) is 10.9 Å². The van der Waals surface area contributed by atoms with E-state index in [2.05, 4.69) is 15.0 Å². The molecule has 4 rings (SSSR count). The first-order valence-electron chi connectivity index (χ1n) is 10.7. The van der Waals surface area contributed by atoms with Crippen molar-refractivity contribution >= 4 is 32.5 Å². The second-order valence-electron chi connectivity index (χ2n) is 7.89. The molecule has 0 radical (unpaired) electrons. The van der Waals surface area contributed by atoms with E-state index in [1.807, 2.05) is 43.3 Å². The lowest BCUT2D eigenvalue weighted by molar-refractivity contribution is -0.117. The molecule has 8 heteroatoms. The lowest BCUT2D eigenvalue weighted by Gasteiger charge is -2.20. The van der Waals surface area contributed by atoms with Crippen LogP contribution < -0.4 is 14.8 Å². The SMILES string of the molecule is COc1ccc(C)cc1NC(=O)C(Cc1ccccc1)NS(=O)(=O)c1cccc2cccnc12. The number of methoxy groups -OCH3 is 1. The van der Waals surface area contributed by atoms with Gasteiger partial charge >= 0.3 is 0 Å². The predicted molar refractivity (Wildman–Crippen MR) is 132 cm³/mol. The number of sulfonamides is 1. The van der Waals surface area contributed by atoms with Crippen LogP contribution in [-0.2, 0) is 21.2 Å². The Balaban J connectivity index is 1.68. The summed E-state index contributed by atoms with van der Waals surface area (Å²) >= 11 is 0. The standard InChI is InChI=1S/C26H25N3O4S/c1-18-13-14-23(33-2)21(16-18)28-26(30)22(17-19-8-4-3-5-9-19)29-34(31,32)24-12-6-10-20-11-7-15-27-25(20)24/h3-16,22,29H,17H2,1-2H3,(H,28,30). The molecule has 1 amide bonds. The molecule has 34 heavy (non-hydrogen) atoms. The fourth-order valence-corrected chi connectivity index (χ4v) is 5.10. The van der Waals surface area contributed by atoms with Crippen molar-refractivity contribution in [1.82, 2.24) is 9.71 Å². The van der Waals surface area contributed by atoms with E-state index < -0.39 is 22.0 Å². The molecule has 0 aliphatic rings. The number of benzene rings is 3. The van der Waals surface area contributed by atoms with E-state index in [1.165, 1.54) is 13.2 Å². The highest BCUT2D eigenvalue weighted by Gasteiger charge is 2.28. The number of carbonyl (C=O) groups excluding carboxylic acids is 1. The summed E-state index contributed by atoms with van der Waals surface area (Å²) in [5.74, 6) is -0.0111. The van der Waals surface area contributed by atoms with Gasteiger partial charge in [0.2, 0.25) is 15.9 Å². The fourth-order valence-electron chi connectivity index (χ4n) is 3.72. The summed E-state index contributed by atoms with van der Waals surface area (Å²) in [6.07, 6.45) is 1.71. The number of para-hydroxylation sites is 1. The number of nitrogens with zero attached hydrogens (tertiary/aromatic N) is 1. The molecule has 174 valence electrons. The molecule has 1 aromatic heterocycles. The molecular weight excluding hydrogens is 450 g/mol. The number of pyridine rings is 1. The average Bonchev–Trinajstić information content (AvgIpc) is 2.84. The fraction of sp³-hybridized carbons (Fsp3) is 0.154. The average molecular weight is 476 g/mol. The summed E-state index contributed by atoms with van der Waals surface area (Å²) in [5.41, 5.74) is 2.56. The summed E-state index contributed by atoms with van der Waals surface area (Å²) < 4.78 is 34.8. The minimum atomic E-state index is -4.07. The number of anilines is 1. The van der Waals surface area contributed by atoms with E-state index in [1.54, 1.807) is 42.6 Å². The number of hydrogen-bond acceptors (Lipinski definition) is 5. The molecule has 0 aliphatic heterocycles. The highest BCUT2D eigenvalue weighted by Crippen LogP contribution is 2.26. The van der Waals surface area contributed by atoms with Crippen molar-refractivity contribution in [3.05, 3.63) is 96.2 Å². The summed E-state index contributed by atoms with van der Waals surface area (Å²) in [5, 5.41) is 3.52. The Hall–Kier alpha value is -3.75. The molecule has 0 bridgehead atoms. The molecule has 0 spiro atoms. The van der Waals surface area contributed by atoms with Crippen LogP contribution in [0.3, 0.4) is 0 Å². The summed E-state index contributed by atoms with van der Waals surface area (Å²) in [4.78, 5) is 17.6. The largest absolute Gasteiger partial charge is 0.495 e. The van der Waals surface area contributed by atoms with Crippen molar-refractivity contribution in [3.63, 3.8) is 0 Å². The topological polar surface area (TPSA) is 97.4 Å². The van der Waals surface area contributed by atoms with Gasteiger partial charge in [-0.05, 0) is 48.7 Å². The molecule has 0 saturated carbocycles. The van der Waals surface area contributed by atoms with Gasteiger partial charge < -0.3 is 10.1 Å². The number of ether oxygens (including phenoxy) is 1. The second-order valence-corrected chi connectivity index (χ2v) is 9.57. The zero-order valence-electron chi connectivity index (χ0n) is 18.9. The first-order valence-corrected chi connectivity index (χ1v) is 12.2. The third kappa shape index (κ3) is 5.24. The van der Waals surface area contributed by atoms with Gasteiger partial charge in [0.05, 0.1) is 18.3 Å². The molecular formula is C26H25N3O4S. The Kier molecular flexibility index (Phi) is 6.90. The highest BCUT2D eigenvalue weighted by molar-refractivity contribution is 7.89. The lowest BCUT2D eigenvalue weighted by atomic mass is 10.1. The van der Waals surface area contributed by atoms with Crippen LogP contribution >= 0.6 is 0 Å². The Morgan fingerprint density at radius 3 is 2.53 bits per heavy atom. The number of hydrogen-bond donors (Lipinski definition) is 2. The zero-order valence-corrected chi connectivity index (χ0v) is 19.7. The van der Waals surface area contributed by atoms with Gasteiger partial charge in [0.1, 0.15) is 16.7 Å².